The van der Waals surface area contributed by atoms with Crippen molar-refractivity contribution in [2.45, 2.75) is 40.2 Å². The van der Waals surface area contributed by atoms with Crippen LogP contribution in [0, 0.1) is 19.8 Å². The topological polar surface area (TPSA) is 65.0 Å². The third kappa shape index (κ3) is 5.22. The molecule has 0 unspecified atom stereocenters. The predicted octanol–water partition coefficient (Wildman–Crippen LogP) is 2.52. The van der Waals surface area contributed by atoms with E-state index in [9.17, 15) is 4.79 Å². The molecule has 3 aliphatic heterocycles. The van der Waals surface area contributed by atoms with Crippen LogP contribution in [0.4, 0.5) is 5.82 Å². The first kappa shape index (κ1) is 23.9. The Hall–Kier alpha value is -1.81. The van der Waals surface area contributed by atoms with Crippen LogP contribution < -0.4 is 4.90 Å². The average Bonchev–Trinajstić information content (AvgIpc) is 3.14. The summed E-state index contributed by atoms with van der Waals surface area (Å²) in [5.41, 5.74) is 1.30. The van der Waals surface area contributed by atoms with Gasteiger partial charge in [0.05, 0.1) is 31.7 Å². The van der Waals surface area contributed by atoms with Crippen LogP contribution in [0.15, 0.2) is 0 Å². The zero-order valence-electron chi connectivity index (χ0n) is 20.9. The molecule has 2 aromatic heterocycles. The number of nitrogens with zero attached hydrogens (tertiary/aromatic N) is 6. The van der Waals surface area contributed by atoms with Crippen molar-refractivity contribution in [3.05, 3.63) is 16.3 Å². The number of piperazine rings is 1. The molecule has 0 atom stereocenters. The van der Waals surface area contributed by atoms with Crippen LogP contribution in [-0.4, -0.2) is 103 Å². The van der Waals surface area contributed by atoms with Gasteiger partial charge in [-0.3, -0.25) is 14.6 Å². The number of anilines is 1. The van der Waals surface area contributed by atoms with Gasteiger partial charge in [-0.15, -0.1) is 11.3 Å². The molecule has 0 aromatic carbocycles. The van der Waals surface area contributed by atoms with Crippen LogP contribution >= 0.6 is 11.3 Å². The zero-order valence-corrected chi connectivity index (χ0v) is 21.7. The van der Waals surface area contributed by atoms with Gasteiger partial charge in [-0.25, -0.2) is 9.97 Å². The van der Waals surface area contributed by atoms with E-state index in [-0.39, 0.29) is 5.91 Å². The highest BCUT2D eigenvalue weighted by Crippen LogP contribution is 2.35. The molecule has 3 aliphatic rings. The number of hydrogen-bond acceptors (Lipinski definition) is 8. The standard InChI is InChI=1S/C25H38N6O2S/c1-18-4-6-28(7-5-18)16-21-26-24(23-19(2)20(3)34-25(23)27-21)31-10-8-29(9-11-31)17-22(32)30-12-14-33-15-13-30/h18H,4-17H2,1-3H3. The largest absolute Gasteiger partial charge is 0.378 e. The summed E-state index contributed by atoms with van der Waals surface area (Å²) in [7, 11) is 0. The molecular weight excluding hydrogens is 448 g/mol. The second-order valence-electron chi connectivity index (χ2n) is 10.1. The van der Waals surface area contributed by atoms with Crippen molar-refractivity contribution in [3.63, 3.8) is 0 Å². The summed E-state index contributed by atoms with van der Waals surface area (Å²) in [5, 5.41) is 1.22. The molecule has 0 bridgehead atoms. The van der Waals surface area contributed by atoms with E-state index in [1.54, 1.807) is 11.3 Å². The Bertz CT molecular complexity index is 1000. The molecule has 3 saturated heterocycles. The van der Waals surface area contributed by atoms with Crippen LogP contribution in [0.3, 0.4) is 0 Å². The van der Waals surface area contributed by atoms with Crippen molar-refractivity contribution in [3.8, 4) is 0 Å². The second-order valence-corrected chi connectivity index (χ2v) is 11.3. The molecule has 3 fully saturated rings. The number of carbonyl (C=O) groups excluding carboxylic acids is 1. The van der Waals surface area contributed by atoms with E-state index in [0.29, 0.717) is 32.8 Å². The number of likely N-dealkylation sites (tertiary alicyclic amines) is 1. The van der Waals surface area contributed by atoms with E-state index in [1.165, 1.54) is 28.7 Å². The second kappa shape index (κ2) is 10.4. The number of fused-ring (bicyclic) bond motifs is 1. The predicted molar refractivity (Wildman–Crippen MR) is 137 cm³/mol. The minimum Gasteiger partial charge on any atom is -0.378 e. The quantitative estimate of drug-likeness (QED) is 0.643. The number of hydrogen-bond donors (Lipinski definition) is 0. The van der Waals surface area contributed by atoms with Gasteiger partial charge in [-0.1, -0.05) is 6.92 Å². The maximum atomic E-state index is 12.7. The Morgan fingerprint density at radius 3 is 2.38 bits per heavy atom. The first-order valence-corrected chi connectivity index (χ1v) is 13.6. The summed E-state index contributed by atoms with van der Waals surface area (Å²) in [4.78, 5) is 34.4. The lowest BCUT2D eigenvalue weighted by atomic mass is 9.99. The van der Waals surface area contributed by atoms with Gasteiger partial charge < -0.3 is 14.5 Å². The van der Waals surface area contributed by atoms with Crippen LogP contribution in [0.5, 0.6) is 0 Å². The fraction of sp³-hybridized carbons (Fsp3) is 0.720. The molecule has 0 radical (unpaired) electrons. The number of ether oxygens (including phenoxy) is 1. The van der Waals surface area contributed by atoms with Gasteiger partial charge in [0.25, 0.3) is 0 Å². The molecule has 0 N–H and O–H groups in total. The van der Waals surface area contributed by atoms with Crippen molar-refractivity contribution in [2.75, 3.05) is 77.0 Å². The number of carbonyl (C=O) groups is 1. The van der Waals surface area contributed by atoms with Gasteiger partial charge in [0.15, 0.2) is 0 Å². The lowest BCUT2D eigenvalue weighted by Gasteiger charge is -2.37. The summed E-state index contributed by atoms with van der Waals surface area (Å²) in [6.45, 7) is 16.6. The summed E-state index contributed by atoms with van der Waals surface area (Å²) in [5.74, 6) is 3.09. The van der Waals surface area contributed by atoms with E-state index in [0.717, 1.165) is 68.2 Å². The summed E-state index contributed by atoms with van der Waals surface area (Å²) in [6.07, 6.45) is 2.52. The first-order chi connectivity index (χ1) is 16.5. The number of piperidine rings is 1. The Balaban J connectivity index is 1.29. The number of aryl methyl sites for hydroxylation is 2. The first-order valence-electron chi connectivity index (χ1n) is 12.8. The Kier molecular flexibility index (Phi) is 7.34. The van der Waals surface area contributed by atoms with Gasteiger partial charge >= 0.3 is 0 Å². The summed E-state index contributed by atoms with van der Waals surface area (Å²) >= 11 is 1.79. The molecule has 9 heteroatoms. The number of aromatic nitrogens is 2. The van der Waals surface area contributed by atoms with Crippen LogP contribution in [-0.2, 0) is 16.1 Å². The summed E-state index contributed by atoms with van der Waals surface area (Å²) < 4.78 is 5.38. The molecule has 0 spiro atoms. The maximum absolute atomic E-state index is 12.7. The molecule has 8 nitrogen and oxygen atoms in total. The molecule has 2 aromatic rings. The highest BCUT2D eigenvalue weighted by atomic mass is 32.1. The Morgan fingerprint density at radius 2 is 1.68 bits per heavy atom. The highest BCUT2D eigenvalue weighted by Gasteiger charge is 2.26. The molecule has 1 amide bonds. The summed E-state index contributed by atoms with van der Waals surface area (Å²) in [6, 6.07) is 0. The number of thiophene rings is 1. The lowest BCUT2D eigenvalue weighted by Crippen LogP contribution is -2.51. The average molecular weight is 487 g/mol. The van der Waals surface area contributed by atoms with E-state index < -0.39 is 0 Å². The van der Waals surface area contributed by atoms with Gasteiger partial charge in [-0.2, -0.15) is 0 Å². The molecule has 5 heterocycles. The number of amides is 1. The molecular formula is C25H38N6O2S. The zero-order chi connectivity index (χ0) is 23.7. The van der Waals surface area contributed by atoms with Gasteiger partial charge in [0.2, 0.25) is 5.91 Å². The molecule has 186 valence electrons. The van der Waals surface area contributed by atoms with Crippen molar-refractivity contribution in [2.24, 2.45) is 5.92 Å². The Labute approximate surface area is 206 Å². The molecule has 0 saturated carbocycles. The Morgan fingerprint density at radius 1 is 0.971 bits per heavy atom. The van der Waals surface area contributed by atoms with Crippen molar-refractivity contribution < 1.29 is 9.53 Å². The van der Waals surface area contributed by atoms with E-state index in [2.05, 4.69) is 35.5 Å². The van der Waals surface area contributed by atoms with Crippen molar-refractivity contribution in [1.29, 1.82) is 0 Å². The van der Waals surface area contributed by atoms with Crippen LogP contribution in [0.25, 0.3) is 10.2 Å². The van der Waals surface area contributed by atoms with Gasteiger partial charge in [0.1, 0.15) is 16.5 Å². The molecule has 34 heavy (non-hydrogen) atoms. The van der Waals surface area contributed by atoms with Crippen LogP contribution in [0.2, 0.25) is 0 Å². The smallest absolute Gasteiger partial charge is 0.236 e. The van der Waals surface area contributed by atoms with E-state index in [4.69, 9.17) is 14.7 Å². The maximum Gasteiger partial charge on any atom is 0.236 e. The van der Waals surface area contributed by atoms with Gasteiger partial charge in [-0.05, 0) is 51.3 Å². The molecule has 5 rings (SSSR count). The van der Waals surface area contributed by atoms with Crippen molar-refractivity contribution in [1.82, 2.24) is 24.7 Å². The van der Waals surface area contributed by atoms with E-state index in [1.807, 2.05) is 4.90 Å². The van der Waals surface area contributed by atoms with Crippen molar-refractivity contribution >= 4 is 33.3 Å². The third-order valence-corrected chi connectivity index (χ3v) is 8.79. The highest BCUT2D eigenvalue weighted by molar-refractivity contribution is 7.18. The van der Waals surface area contributed by atoms with Crippen LogP contribution in [0.1, 0.15) is 36.0 Å². The normalized spacial score (nSPS) is 21.5. The number of rotatable bonds is 5. The lowest BCUT2D eigenvalue weighted by molar-refractivity contribution is -0.136. The fourth-order valence-electron chi connectivity index (χ4n) is 5.21. The SMILES string of the molecule is Cc1sc2nc(CN3CCC(C)CC3)nc(N3CCN(CC(=O)N4CCOCC4)CC3)c2c1C. The monoisotopic (exact) mass is 486 g/mol. The van der Waals surface area contributed by atoms with Gasteiger partial charge in [0, 0.05) is 44.1 Å². The molecule has 0 aliphatic carbocycles. The minimum atomic E-state index is 0.226. The number of morpholine rings is 1. The fourth-order valence-corrected chi connectivity index (χ4v) is 6.26. The van der Waals surface area contributed by atoms with E-state index >= 15 is 0 Å². The minimum absolute atomic E-state index is 0.226. The third-order valence-electron chi connectivity index (χ3n) is 7.69.